The van der Waals surface area contributed by atoms with Gasteiger partial charge in [-0.3, -0.25) is 0 Å². The van der Waals surface area contributed by atoms with E-state index >= 15 is 0 Å². The van der Waals surface area contributed by atoms with Crippen molar-refractivity contribution in [1.29, 1.82) is 0 Å². The molecule has 112 valence electrons. The van der Waals surface area contributed by atoms with Gasteiger partial charge in [-0.15, -0.1) is 0 Å². The fourth-order valence-corrected chi connectivity index (χ4v) is 2.88. The van der Waals surface area contributed by atoms with E-state index in [-0.39, 0.29) is 0 Å². The molecule has 1 aromatic rings. The summed E-state index contributed by atoms with van der Waals surface area (Å²) in [5, 5.41) is 20.6. The molecule has 1 spiro atoms. The highest BCUT2D eigenvalue weighted by Crippen LogP contribution is 2.40. The minimum Gasteiger partial charge on any atom is -0.378 e. The summed E-state index contributed by atoms with van der Waals surface area (Å²) in [5.41, 5.74) is -0.320. The van der Waals surface area contributed by atoms with E-state index < -0.39 is 17.5 Å². The fourth-order valence-electron chi connectivity index (χ4n) is 2.88. The minimum atomic E-state index is -1.06. The molecule has 1 saturated heterocycles. The molecule has 1 saturated carbocycles. The second kappa shape index (κ2) is 5.78. The van der Waals surface area contributed by atoms with Crippen LogP contribution in [0, 0.1) is 11.8 Å². The first kappa shape index (κ1) is 14.6. The summed E-state index contributed by atoms with van der Waals surface area (Å²) in [6.07, 6.45) is 1.41. The van der Waals surface area contributed by atoms with Crippen LogP contribution in [0.15, 0.2) is 30.3 Å². The van der Waals surface area contributed by atoms with Gasteiger partial charge in [0, 0.05) is 12.8 Å². The molecule has 21 heavy (non-hydrogen) atoms. The van der Waals surface area contributed by atoms with E-state index in [1.54, 1.807) is 0 Å². The molecule has 3 rings (SSSR count). The Hall–Kier alpha value is -1.38. The van der Waals surface area contributed by atoms with Crippen molar-refractivity contribution in [1.82, 2.24) is 0 Å². The minimum absolute atomic E-state index is 0.501. The zero-order chi connectivity index (χ0) is 14.8. The molecular formula is C17H20O4. The quantitative estimate of drug-likeness (QED) is 0.773. The summed E-state index contributed by atoms with van der Waals surface area (Å²) in [7, 11) is 0. The maximum Gasteiger partial charge on any atom is 0.168 e. The normalized spacial score (nSPS) is 24.3. The van der Waals surface area contributed by atoms with Gasteiger partial charge in [0.15, 0.2) is 5.79 Å². The zero-order valence-corrected chi connectivity index (χ0v) is 11.9. The van der Waals surface area contributed by atoms with Gasteiger partial charge in [-0.2, -0.15) is 0 Å². The molecule has 2 aliphatic rings. The Morgan fingerprint density at radius 3 is 2.24 bits per heavy atom. The number of rotatable bonds is 1. The summed E-state index contributed by atoms with van der Waals surface area (Å²) >= 11 is 0. The first-order chi connectivity index (χ1) is 10.1. The molecule has 0 aromatic heterocycles. The molecule has 2 N–H and O–H groups in total. The highest BCUT2D eigenvalue weighted by Gasteiger charge is 2.44. The van der Waals surface area contributed by atoms with E-state index in [0.717, 1.165) is 5.56 Å². The van der Waals surface area contributed by atoms with Crippen LogP contribution in [0.2, 0.25) is 0 Å². The summed E-state index contributed by atoms with van der Waals surface area (Å²) in [6.45, 7) is 1.24. The number of hydrogen-bond donors (Lipinski definition) is 2. The van der Waals surface area contributed by atoms with Crippen molar-refractivity contribution in [2.24, 2.45) is 0 Å². The fraction of sp³-hybridized carbons (Fsp3) is 0.529. The maximum absolute atomic E-state index is 10.5. The average molecular weight is 288 g/mol. The lowest BCUT2D eigenvalue weighted by Gasteiger charge is -2.37. The number of ether oxygens (including phenoxy) is 2. The summed E-state index contributed by atoms with van der Waals surface area (Å²) in [6, 6.07) is 9.24. The van der Waals surface area contributed by atoms with Crippen LogP contribution in [0.4, 0.5) is 0 Å². The van der Waals surface area contributed by atoms with Crippen molar-refractivity contribution in [2.45, 2.75) is 43.2 Å². The van der Waals surface area contributed by atoms with Crippen LogP contribution in [-0.2, 0) is 9.47 Å². The van der Waals surface area contributed by atoms with Gasteiger partial charge < -0.3 is 19.7 Å². The molecule has 0 amide bonds. The Morgan fingerprint density at radius 2 is 1.62 bits per heavy atom. The molecular weight excluding hydrogens is 268 g/mol. The third kappa shape index (κ3) is 3.28. The predicted molar refractivity (Wildman–Crippen MR) is 77.2 cm³/mol. The Morgan fingerprint density at radius 1 is 1.00 bits per heavy atom. The van der Waals surface area contributed by atoms with Gasteiger partial charge >= 0.3 is 0 Å². The number of hydrogen-bond acceptors (Lipinski definition) is 4. The average Bonchev–Trinajstić information content (AvgIpc) is 2.98. The van der Waals surface area contributed by atoms with Crippen molar-refractivity contribution < 1.29 is 19.7 Å². The van der Waals surface area contributed by atoms with Crippen LogP contribution in [0.5, 0.6) is 0 Å². The van der Waals surface area contributed by atoms with Crippen molar-refractivity contribution in [2.75, 3.05) is 13.2 Å². The molecule has 1 aromatic carbocycles. The Kier molecular flexibility index (Phi) is 4.01. The second-order valence-electron chi connectivity index (χ2n) is 5.72. The van der Waals surface area contributed by atoms with E-state index in [1.165, 1.54) is 0 Å². The third-order valence-electron chi connectivity index (χ3n) is 4.21. The monoisotopic (exact) mass is 288 g/mol. The molecule has 1 atom stereocenters. The third-order valence-corrected chi connectivity index (χ3v) is 4.21. The van der Waals surface area contributed by atoms with Crippen molar-refractivity contribution in [3.8, 4) is 11.8 Å². The Balaban J connectivity index is 1.64. The van der Waals surface area contributed by atoms with Gasteiger partial charge in [0.05, 0.1) is 13.2 Å². The molecule has 4 nitrogen and oxygen atoms in total. The maximum atomic E-state index is 10.5. The van der Waals surface area contributed by atoms with Crippen LogP contribution < -0.4 is 0 Å². The summed E-state index contributed by atoms with van der Waals surface area (Å²) in [4.78, 5) is 0. The molecule has 0 bridgehead atoms. The number of aliphatic hydroxyl groups excluding tert-OH is 1. The summed E-state index contributed by atoms with van der Waals surface area (Å²) in [5.74, 6) is 5.10. The summed E-state index contributed by atoms with van der Waals surface area (Å²) < 4.78 is 11.3. The molecule has 2 fully saturated rings. The second-order valence-corrected chi connectivity index (χ2v) is 5.72. The Labute approximate surface area is 124 Å². The van der Waals surface area contributed by atoms with Crippen LogP contribution in [-0.4, -0.2) is 34.8 Å². The zero-order valence-electron chi connectivity index (χ0n) is 11.9. The van der Waals surface area contributed by atoms with Crippen LogP contribution >= 0.6 is 0 Å². The molecule has 4 heteroatoms. The van der Waals surface area contributed by atoms with E-state index in [0.29, 0.717) is 38.9 Å². The highest BCUT2D eigenvalue weighted by atomic mass is 16.7. The first-order valence-corrected chi connectivity index (χ1v) is 7.37. The van der Waals surface area contributed by atoms with Gasteiger partial charge in [0.25, 0.3) is 0 Å². The number of benzene rings is 1. The van der Waals surface area contributed by atoms with Crippen molar-refractivity contribution in [3.63, 3.8) is 0 Å². The molecule has 1 unspecified atom stereocenters. The van der Waals surface area contributed by atoms with E-state index in [4.69, 9.17) is 9.47 Å². The standard InChI is InChI=1S/C17H20O4/c18-15(14-4-2-1-3-5-14)6-7-16(19)8-10-17(11-9-16)20-12-13-21-17/h1-5,15,18-19H,8-13H2. The van der Waals surface area contributed by atoms with Crippen LogP contribution in [0.3, 0.4) is 0 Å². The lowest BCUT2D eigenvalue weighted by molar-refractivity contribution is -0.195. The van der Waals surface area contributed by atoms with Gasteiger partial charge in [-0.1, -0.05) is 42.2 Å². The lowest BCUT2D eigenvalue weighted by atomic mass is 9.81. The molecule has 1 heterocycles. The first-order valence-electron chi connectivity index (χ1n) is 7.37. The van der Waals surface area contributed by atoms with E-state index in [1.807, 2.05) is 30.3 Å². The smallest absolute Gasteiger partial charge is 0.168 e. The van der Waals surface area contributed by atoms with Crippen molar-refractivity contribution >= 4 is 0 Å². The molecule has 0 radical (unpaired) electrons. The predicted octanol–water partition coefficient (Wildman–Crippen LogP) is 1.77. The molecule has 1 aliphatic heterocycles. The van der Waals surface area contributed by atoms with E-state index in [2.05, 4.69) is 11.8 Å². The van der Waals surface area contributed by atoms with E-state index in [9.17, 15) is 10.2 Å². The van der Waals surface area contributed by atoms with Gasteiger partial charge in [0.2, 0.25) is 0 Å². The van der Waals surface area contributed by atoms with Gasteiger partial charge in [-0.25, -0.2) is 0 Å². The van der Waals surface area contributed by atoms with Crippen LogP contribution in [0.1, 0.15) is 37.4 Å². The largest absolute Gasteiger partial charge is 0.378 e. The topological polar surface area (TPSA) is 58.9 Å². The van der Waals surface area contributed by atoms with Crippen molar-refractivity contribution in [3.05, 3.63) is 35.9 Å². The SMILES string of the molecule is OC(C#CC1(O)CCC2(CC1)OCCO2)c1ccccc1. The molecule has 1 aliphatic carbocycles. The van der Waals surface area contributed by atoms with Crippen LogP contribution in [0.25, 0.3) is 0 Å². The lowest BCUT2D eigenvalue weighted by Crippen LogP contribution is -2.42. The Bertz CT molecular complexity index is 527. The number of aliphatic hydroxyl groups is 2. The van der Waals surface area contributed by atoms with Gasteiger partial charge in [0.1, 0.15) is 11.7 Å². The highest BCUT2D eigenvalue weighted by molar-refractivity contribution is 5.27. The van der Waals surface area contributed by atoms with Gasteiger partial charge in [-0.05, 0) is 18.4 Å².